The molecule has 29 heavy (non-hydrogen) atoms. The zero-order chi connectivity index (χ0) is 20.5. The molecule has 1 fully saturated rings. The van der Waals surface area contributed by atoms with Crippen LogP contribution in [0.5, 0.6) is 0 Å². The van der Waals surface area contributed by atoms with E-state index in [1.165, 1.54) is 19.3 Å². The van der Waals surface area contributed by atoms with Crippen molar-refractivity contribution >= 4 is 23.2 Å². The van der Waals surface area contributed by atoms with E-state index in [4.69, 9.17) is 0 Å². The highest BCUT2D eigenvalue weighted by Crippen LogP contribution is 2.22. The maximum atomic E-state index is 12.5. The number of likely N-dealkylation sites (N-methyl/N-ethyl adjacent to an activating group) is 1. The predicted molar refractivity (Wildman–Crippen MR) is 118 cm³/mol. The summed E-state index contributed by atoms with van der Waals surface area (Å²) >= 11 is 0. The molecule has 5 nitrogen and oxygen atoms in total. The van der Waals surface area contributed by atoms with Crippen molar-refractivity contribution in [2.45, 2.75) is 51.0 Å². The molecule has 0 atom stereocenters. The van der Waals surface area contributed by atoms with Crippen molar-refractivity contribution in [3.05, 3.63) is 60.2 Å². The van der Waals surface area contributed by atoms with Gasteiger partial charge in [0.1, 0.15) is 0 Å². The van der Waals surface area contributed by atoms with Crippen molar-refractivity contribution in [2.24, 2.45) is 0 Å². The first-order chi connectivity index (χ1) is 14.1. The Kier molecular flexibility index (Phi) is 7.68. The van der Waals surface area contributed by atoms with Crippen molar-refractivity contribution in [3.63, 3.8) is 0 Å². The third kappa shape index (κ3) is 6.63. The van der Waals surface area contributed by atoms with Gasteiger partial charge in [0.2, 0.25) is 11.8 Å². The molecule has 0 aromatic heterocycles. The normalized spacial score (nSPS) is 14.2. The van der Waals surface area contributed by atoms with Gasteiger partial charge in [0.05, 0.1) is 6.54 Å². The molecule has 0 spiro atoms. The molecular weight excluding hydrogens is 362 g/mol. The Hall–Kier alpha value is -2.82. The van der Waals surface area contributed by atoms with Gasteiger partial charge in [0.25, 0.3) is 0 Å². The number of amides is 2. The van der Waals surface area contributed by atoms with E-state index >= 15 is 0 Å². The number of nitrogens with zero attached hydrogens (tertiary/aromatic N) is 1. The van der Waals surface area contributed by atoms with E-state index < -0.39 is 0 Å². The highest BCUT2D eigenvalue weighted by Gasteiger charge is 2.21. The summed E-state index contributed by atoms with van der Waals surface area (Å²) < 4.78 is 0. The number of carbonyl (C=O) groups excluding carboxylic acids is 2. The lowest BCUT2D eigenvalue weighted by molar-refractivity contribution is -0.130. The summed E-state index contributed by atoms with van der Waals surface area (Å²) in [5.74, 6) is 0.0910. The first kappa shape index (κ1) is 20.9. The van der Waals surface area contributed by atoms with E-state index in [1.54, 1.807) is 0 Å². The average Bonchev–Trinajstić information content (AvgIpc) is 2.77. The molecule has 0 saturated heterocycles. The van der Waals surface area contributed by atoms with Gasteiger partial charge >= 0.3 is 0 Å². The molecule has 2 aromatic carbocycles. The maximum absolute atomic E-state index is 12.5. The molecule has 1 aliphatic carbocycles. The minimum absolute atomic E-state index is 0.0147. The topological polar surface area (TPSA) is 61.4 Å². The molecule has 3 rings (SSSR count). The van der Waals surface area contributed by atoms with Crippen LogP contribution in [-0.4, -0.2) is 36.3 Å². The van der Waals surface area contributed by atoms with Crippen LogP contribution < -0.4 is 10.6 Å². The van der Waals surface area contributed by atoms with Crippen molar-refractivity contribution in [1.82, 2.24) is 4.90 Å². The van der Waals surface area contributed by atoms with Gasteiger partial charge in [-0.1, -0.05) is 55.7 Å². The van der Waals surface area contributed by atoms with Crippen LogP contribution >= 0.6 is 0 Å². The van der Waals surface area contributed by atoms with Crippen LogP contribution in [0.15, 0.2) is 54.6 Å². The summed E-state index contributed by atoms with van der Waals surface area (Å²) in [7, 11) is 1.91. The number of hydrogen-bond acceptors (Lipinski definition) is 3. The number of benzene rings is 2. The summed E-state index contributed by atoms with van der Waals surface area (Å²) in [6.07, 6.45) is 7.06. The smallest absolute Gasteiger partial charge is 0.241 e. The number of anilines is 2. The lowest BCUT2D eigenvalue weighted by Crippen LogP contribution is -2.41. The van der Waals surface area contributed by atoms with Gasteiger partial charge in [-0.25, -0.2) is 0 Å². The van der Waals surface area contributed by atoms with Crippen molar-refractivity contribution in [1.29, 1.82) is 0 Å². The standard InChI is InChI=1S/C24H31N3O2/c1-27(22-13-6-3-7-14-22)24(29)18-25-20-11-8-12-21(17-20)26-23(28)16-15-19-9-4-2-5-10-19/h2,4-5,8-12,17,22,25H,3,6-7,13-16,18H2,1H3,(H,26,28). The summed E-state index contributed by atoms with van der Waals surface area (Å²) in [5.41, 5.74) is 2.72. The average molecular weight is 394 g/mol. The Labute approximate surface area is 173 Å². The van der Waals surface area contributed by atoms with Gasteiger partial charge in [-0.3, -0.25) is 9.59 Å². The zero-order valence-corrected chi connectivity index (χ0v) is 17.2. The summed E-state index contributed by atoms with van der Waals surface area (Å²) in [5, 5.41) is 6.13. The van der Waals surface area contributed by atoms with E-state index in [1.807, 2.05) is 66.5 Å². The van der Waals surface area contributed by atoms with Crippen LogP contribution in [0.3, 0.4) is 0 Å². The molecule has 0 unspecified atom stereocenters. The van der Waals surface area contributed by atoms with Gasteiger partial charge < -0.3 is 15.5 Å². The van der Waals surface area contributed by atoms with Crippen molar-refractivity contribution in [3.8, 4) is 0 Å². The van der Waals surface area contributed by atoms with E-state index in [0.29, 0.717) is 18.9 Å². The van der Waals surface area contributed by atoms with Crippen LogP contribution in [0, 0.1) is 0 Å². The number of rotatable bonds is 8. The molecule has 2 amide bonds. The Morgan fingerprint density at radius 1 is 0.966 bits per heavy atom. The molecule has 5 heteroatoms. The summed E-state index contributed by atoms with van der Waals surface area (Å²) in [6.45, 7) is 0.262. The Morgan fingerprint density at radius 2 is 1.69 bits per heavy atom. The number of nitrogens with one attached hydrogen (secondary N) is 2. The van der Waals surface area contributed by atoms with Gasteiger partial charge in [0, 0.05) is 30.9 Å². The van der Waals surface area contributed by atoms with Crippen LogP contribution in [0.25, 0.3) is 0 Å². The van der Waals surface area contributed by atoms with E-state index in [0.717, 1.165) is 29.8 Å². The largest absolute Gasteiger partial charge is 0.376 e. The Bertz CT molecular complexity index is 801. The molecule has 2 aromatic rings. The second-order valence-electron chi connectivity index (χ2n) is 7.76. The summed E-state index contributed by atoms with van der Waals surface area (Å²) in [6, 6.07) is 17.9. The van der Waals surface area contributed by atoms with Gasteiger partial charge in [-0.15, -0.1) is 0 Å². The molecule has 1 saturated carbocycles. The molecule has 1 aliphatic rings. The van der Waals surface area contributed by atoms with E-state index in [-0.39, 0.29) is 18.4 Å². The van der Waals surface area contributed by atoms with Crippen LogP contribution in [0.4, 0.5) is 11.4 Å². The molecular formula is C24H31N3O2. The minimum Gasteiger partial charge on any atom is -0.376 e. The fourth-order valence-electron chi connectivity index (χ4n) is 3.81. The number of hydrogen-bond donors (Lipinski definition) is 2. The third-order valence-corrected chi connectivity index (χ3v) is 5.59. The van der Waals surface area contributed by atoms with Crippen molar-refractivity contribution < 1.29 is 9.59 Å². The number of aryl methyl sites for hydroxylation is 1. The molecule has 0 bridgehead atoms. The highest BCUT2D eigenvalue weighted by molar-refractivity contribution is 5.91. The SMILES string of the molecule is CN(C(=O)CNc1cccc(NC(=O)CCc2ccccc2)c1)C1CCCCC1. The summed E-state index contributed by atoms with van der Waals surface area (Å²) in [4.78, 5) is 26.6. The third-order valence-electron chi connectivity index (χ3n) is 5.59. The lowest BCUT2D eigenvalue weighted by Gasteiger charge is -2.31. The first-order valence-corrected chi connectivity index (χ1v) is 10.6. The van der Waals surface area contributed by atoms with Crippen molar-refractivity contribution in [2.75, 3.05) is 24.2 Å². The Balaban J connectivity index is 1.46. The fraction of sp³-hybridized carbons (Fsp3) is 0.417. The fourth-order valence-corrected chi connectivity index (χ4v) is 3.81. The molecule has 0 heterocycles. The zero-order valence-electron chi connectivity index (χ0n) is 17.2. The van der Waals surface area contributed by atoms with Crippen LogP contribution in [0.2, 0.25) is 0 Å². The van der Waals surface area contributed by atoms with Gasteiger partial charge in [0.15, 0.2) is 0 Å². The van der Waals surface area contributed by atoms with Gasteiger partial charge in [-0.05, 0) is 43.0 Å². The lowest BCUT2D eigenvalue weighted by atomic mass is 9.94. The molecule has 2 N–H and O–H groups in total. The highest BCUT2D eigenvalue weighted by atomic mass is 16.2. The van der Waals surface area contributed by atoms with Crippen LogP contribution in [0.1, 0.15) is 44.1 Å². The monoisotopic (exact) mass is 393 g/mol. The van der Waals surface area contributed by atoms with Crippen LogP contribution in [-0.2, 0) is 16.0 Å². The van der Waals surface area contributed by atoms with E-state index in [2.05, 4.69) is 10.6 Å². The molecule has 154 valence electrons. The first-order valence-electron chi connectivity index (χ1n) is 10.6. The molecule has 0 aliphatic heterocycles. The minimum atomic E-state index is -0.0147. The predicted octanol–water partition coefficient (Wildman–Crippen LogP) is 4.46. The quantitative estimate of drug-likeness (QED) is 0.696. The number of carbonyl (C=O) groups is 2. The van der Waals surface area contributed by atoms with Gasteiger partial charge in [-0.2, -0.15) is 0 Å². The van der Waals surface area contributed by atoms with E-state index in [9.17, 15) is 9.59 Å². The second kappa shape index (κ2) is 10.6. The molecule has 0 radical (unpaired) electrons. The Morgan fingerprint density at radius 3 is 2.45 bits per heavy atom. The maximum Gasteiger partial charge on any atom is 0.241 e. The second-order valence-corrected chi connectivity index (χ2v) is 7.76.